The van der Waals surface area contributed by atoms with Crippen molar-refractivity contribution in [3.05, 3.63) is 38.0 Å². The van der Waals surface area contributed by atoms with Crippen molar-refractivity contribution in [1.82, 2.24) is 10.3 Å². The van der Waals surface area contributed by atoms with Crippen molar-refractivity contribution in [3.8, 4) is 6.07 Å². The Hall–Kier alpha value is -1.22. The van der Waals surface area contributed by atoms with Gasteiger partial charge >= 0.3 is 0 Å². The van der Waals surface area contributed by atoms with Crippen molar-refractivity contribution in [3.63, 3.8) is 0 Å². The van der Waals surface area contributed by atoms with Gasteiger partial charge in [-0.05, 0) is 19.1 Å². The Labute approximate surface area is 102 Å². The van der Waals surface area contributed by atoms with Crippen LogP contribution < -0.4 is 5.32 Å². The summed E-state index contributed by atoms with van der Waals surface area (Å²) in [6.07, 6.45) is 0. The van der Waals surface area contributed by atoms with Crippen molar-refractivity contribution in [2.75, 3.05) is 0 Å². The average Bonchev–Trinajstić information content (AvgIpc) is 2.88. The number of aromatic nitrogens is 1. The molecule has 0 unspecified atom stereocenters. The van der Waals surface area contributed by atoms with E-state index in [1.807, 2.05) is 19.1 Å². The Morgan fingerprint density at radius 2 is 2.31 bits per heavy atom. The maximum absolute atomic E-state index is 8.69. The fourth-order valence-electron chi connectivity index (χ4n) is 1.34. The van der Waals surface area contributed by atoms with E-state index in [4.69, 9.17) is 5.26 Å². The van der Waals surface area contributed by atoms with E-state index < -0.39 is 0 Å². The van der Waals surface area contributed by atoms with Crippen LogP contribution in [0.5, 0.6) is 0 Å². The summed E-state index contributed by atoms with van der Waals surface area (Å²) in [5.74, 6) is 0. The summed E-state index contributed by atoms with van der Waals surface area (Å²) in [6, 6.07) is 5.98. The zero-order chi connectivity index (χ0) is 11.4. The number of nitrogens with zero attached hydrogens (tertiary/aromatic N) is 2. The minimum atomic E-state index is 0.765. The largest absolute Gasteiger partial charge is 0.306 e. The smallest absolute Gasteiger partial charge is 0.110 e. The number of hydrogen-bond donors (Lipinski definition) is 1. The molecule has 16 heavy (non-hydrogen) atoms. The van der Waals surface area contributed by atoms with Crippen LogP contribution in [-0.2, 0) is 13.1 Å². The highest BCUT2D eigenvalue weighted by Crippen LogP contribution is 2.15. The Morgan fingerprint density at radius 3 is 2.94 bits per heavy atom. The summed E-state index contributed by atoms with van der Waals surface area (Å²) in [5, 5.41) is 15.2. The number of rotatable bonds is 4. The van der Waals surface area contributed by atoms with Gasteiger partial charge in [-0.25, -0.2) is 4.98 Å². The van der Waals surface area contributed by atoms with Gasteiger partial charge in [0.05, 0.1) is 10.7 Å². The predicted molar refractivity (Wildman–Crippen MR) is 66.4 cm³/mol. The van der Waals surface area contributed by atoms with Gasteiger partial charge in [0.25, 0.3) is 0 Å². The number of hydrogen-bond acceptors (Lipinski definition) is 5. The first kappa shape index (κ1) is 11.3. The zero-order valence-electron chi connectivity index (χ0n) is 8.86. The van der Waals surface area contributed by atoms with E-state index in [-0.39, 0.29) is 0 Å². The molecule has 1 N–H and O–H groups in total. The van der Waals surface area contributed by atoms with Crippen molar-refractivity contribution < 1.29 is 0 Å². The highest BCUT2D eigenvalue weighted by Gasteiger charge is 2.00. The number of thiazole rings is 1. The van der Waals surface area contributed by atoms with Crippen LogP contribution >= 0.6 is 22.7 Å². The lowest BCUT2D eigenvalue weighted by atomic mass is 10.4. The van der Waals surface area contributed by atoms with E-state index in [0.717, 1.165) is 28.7 Å². The van der Waals surface area contributed by atoms with E-state index in [2.05, 4.69) is 21.8 Å². The third kappa shape index (κ3) is 2.89. The van der Waals surface area contributed by atoms with Crippen LogP contribution in [0.2, 0.25) is 0 Å². The zero-order valence-corrected chi connectivity index (χ0v) is 10.5. The molecule has 0 aliphatic carbocycles. The maximum Gasteiger partial charge on any atom is 0.110 e. The van der Waals surface area contributed by atoms with E-state index in [1.165, 1.54) is 16.2 Å². The molecule has 0 aliphatic rings. The van der Waals surface area contributed by atoms with E-state index >= 15 is 0 Å². The molecule has 0 aromatic carbocycles. The third-order valence-electron chi connectivity index (χ3n) is 2.04. The number of nitrogens with one attached hydrogen (secondary N) is 1. The van der Waals surface area contributed by atoms with Crippen LogP contribution in [0, 0.1) is 18.3 Å². The van der Waals surface area contributed by atoms with Gasteiger partial charge in [0, 0.05) is 23.3 Å². The van der Waals surface area contributed by atoms with Gasteiger partial charge in [0.1, 0.15) is 10.9 Å². The highest BCUT2D eigenvalue weighted by molar-refractivity contribution is 7.12. The summed E-state index contributed by atoms with van der Waals surface area (Å²) in [7, 11) is 0. The molecule has 2 aromatic heterocycles. The Morgan fingerprint density at radius 1 is 1.44 bits per heavy atom. The lowest BCUT2D eigenvalue weighted by Gasteiger charge is -1.99. The SMILES string of the molecule is Cc1nc(CNCc2ccc(C#N)s2)cs1. The van der Waals surface area contributed by atoms with Gasteiger partial charge < -0.3 is 5.32 Å². The first-order valence-electron chi connectivity index (χ1n) is 4.88. The standard InChI is InChI=1S/C11H11N3S2/c1-8-14-9(7-15-8)5-13-6-11-3-2-10(4-12)16-11/h2-3,7,13H,5-6H2,1H3. The maximum atomic E-state index is 8.69. The molecule has 0 aliphatic heterocycles. The third-order valence-corrected chi connectivity index (χ3v) is 3.86. The van der Waals surface area contributed by atoms with E-state index in [0.29, 0.717) is 0 Å². The Bertz CT molecular complexity index is 507. The molecule has 0 radical (unpaired) electrons. The van der Waals surface area contributed by atoms with Crippen molar-refractivity contribution in [2.24, 2.45) is 0 Å². The molecule has 0 spiro atoms. The van der Waals surface area contributed by atoms with Gasteiger partial charge in [0.15, 0.2) is 0 Å². The topological polar surface area (TPSA) is 48.7 Å². The number of thiophene rings is 1. The van der Waals surface area contributed by atoms with Crippen molar-refractivity contribution in [1.29, 1.82) is 5.26 Å². The summed E-state index contributed by atoms with van der Waals surface area (Å²) in [4.78, 5) is 6.32. The van der Waals surface area contributed by atoms with Crippen molar-refractivity contribution in [2.45, 2.75) is 20.0 Å². The number of aryl methyl sites for hydroxylation is 1. The molecule has 2 rings (SSSR count). The second-order valence-electron chi connectivity index (χ2n) is 3.34. The van der Waals surface area contributed by atoms with Gasteiger partial charge in [-0.1, -0.05) is 0 Å². The second-order valence-corrected chi connectivity index (χ2v) is 5.57. The lowest BCUT2D eigenvalue weighted by molar-refractivity contribution is 0.688. The number of nitriles is 1. The molecule has 0 saturated heterocycles. The fourth-order valence-corrected chi connectivity index (χ4v) is 2.72. The van der Waals surface area contributed by atoms with Gasteiger partial charge in [-0.2, -0.15) is 5.26 Å². The molecule has 0 amide bonds. The Kier molecular flexibility index (Phi) is 3.67. The second kappa shape index (κ2) is 5.21. The highest BCUT2D eigenvalue weighted by atomic mass is 32.1. The quantitative estimate of drug-likeness (QED) is 0.906. The molecule has 3 nitrogen and oxygen atoms in total. The van der Waals surface area contributed by atoms with Crippen LogP contribution in [-0.4, -0.2) is 4.98 Å². The van der Waals surface area contributed by atoms with Crippen molar-refractivity contribution >= 4 is 22.7 Å². The summed E-state index contributed by atoms with van der Waals surface area (Å²) >= 11 is 3.20. The van der Waals surface area contributed by atoms with Crippen LogP contribution in [0.25, 0.3) is 0 Å². The summed E-state index contributed by atoms with van der Waals surface area (Å²) in [5.41, 5.74) is 1.08. The molecule has 5 heteroatoms. The lowest BCUT2D eigenvalue weighted by Crippen LogP contribution is -2.11. The van der Waals surface area contributed by atoms with E-state index in [1.54, 1.807) is 11.3 Å². The van der Waals surface area contributed by atoms with Crippen LogP contribution in [0.1, 0.15) is 20.5 Å². The molecule has 0 bridgehead atoms. The first-order chi connectivity index (χ1) is 7.78. The molecule has 0 atom stereocenters. The van der Waals surface area contributed by atoms with Crippen LogP contribution in [0.3, 0.4) is 0 Å². The molecule has 2 heterocycles. The van der Waals surface area contributed by atoms with Gasteiger partial charge in [-0.3, -0.25) is 0 Å². The minimum absolute atomic E-state index is 0.765. The fraction of sp³-hybridized carbons (Fsp3) is 0.273. The minimum Gasteiger partial charge on any atom is -0.306 e. The molecule has 0 fully saturated rings. The Balaban J connectivity index is 1.82. The molecule has 2 aromatic rings. The molecular weight excluding hydrogens is 238 g/mol. The van der Waals surface area contributed by atoms with Gasteiger partial charge in [-0.15, -0.1) is 22.7 Å². The van der Waals surface area contributed by atoms with Gasteiger partial charge in [0.2, 0.25) is 0 Å². The van der Waals surface area contributed by atoms with E-state index in [9.17, 15) is 0 Å². The molecule has 82 valence electrons. The summed E-state index contributed by atoms with van der Waals surface area (Å²) < 4.78 is 0. The molecule has 0 saturated carbocycles. The normalized spacial score (nSPS) is 10.2. The summed E-state index contributed by atoms with van der Waals surface area (Å²) in [6.45, 7) is 3.58. The first-order valence-corrected chi connectivity index (χ1v) is 6.58. The van der Waals surface area contributed by atoms with Crippen LogP contribution in [0.4, 0.5) is 0 Å². The van der Waals surface area contributed by atoms with Crippen LogP contribution in [0.15, 0.2) is 17.5 Å². The predicted octanol–water partition coefficient (Wildman–Crippen LogP) is 2.67. The molecular formula is C11H11N3S2. The monoisotopic (exact) mass is 249 g/mol. The average molecular weight is 249 g/mol.